The molecule has 3 aromatic rings. The van der Waals surface area contributed by atoms with Gasteiger partial charge in [-0.15, -0.1) is 15.3 Å². The first-order valence-corrected chi connectivity index (χ1v) is 9.06. The van der Waals surface area contributed by atoms with Crippen molar-refractivity contribution in [1.82, 2.24) is 29.8 Å². The van der Waals surface area contributed by atoms with Crippen molar-refractivity contribution in [2.45, 2.75) is 38.8 Å². The van der Waals surface area contributed by atoms with Crippen molar-refractivity contribution in [3.05, 3.63) is 42.0 Å². The number of amides is 1. The largest absolute Gasteiger partial charge is 0.476 e. The Bertz CT molecular complexity index is 1020. The number of hydrogen-bond donors (Lipinski definition) is 2. The smallest absolute Gasteiger partial charge is 0.358 e. The maximum absolute atomic E-state index is 12.3. The first-order valence-electron chi connectivity index (χ1n) is 9.06. The second-order valence-corrected chi connectivity index (χ2v) is 6.64. The summed E-state index contributed by atoms with van der Waals surface area (Å²) >= 11 is 0. The highest BCUT2D eigenvalue weighted by molar-refractivity contribution is 5.91. The van der Waals surface area contributed by atoms with Gasteiger partial charge in [0.15, 0.2) is 11.5 Å². The van der Waals surface area contributed by atoms with Crippen LogP contribution in [0.4, 0.5) is 5.69 Å². The zero-order valence-electron chi connectivity index (χ0n) is 15.1. The second-order valence-electron chi connectivity index (χ2n) is 6.64. The third kappa shape index (κ3) is 3.75. The van der Waals surface area contributed by atoms with Gasteiger partial charge >= 0.3 is 5.97 Å². The maximum atomic E-state index is 12.3. The molecule has 1 aliphatic rings. The van der Waals surface area contributed by atoms with Crippen molar-refractivity contribution in [3.63, 3.8) is 0 Å². The van der Waals surface area contributed by atoms with Gasteiger partial charge in [0.05, 0.1) is 6.20 Å². The molecule has 0 aliphatic carbocycles. The first kappa shape index (κ1) is 17.8. The molecule has 1 amide bonds. The number of fused-ring (bicyclic) bond motifs is 1. The van der Waals surface area contributed by atoms with Gasteiger partial charge in [-0.1, -0.05) is 23.8 Å². The van der Waals surface area contributed by atoms with E-state index in [0.717, 1.165) is 43.0 Å². The van der Waals surface area contributed by atoms with Crippen molar-refractivity contribution in [1.29, 1.82) is 0 Å². The van der Waals surface area contributed by atoms with Gasteiger partial charge < -0.3 is 15.0 Å². The number of carbonyl (C=O) groups is 2. The van der Waals surface area contributed by atoms with Crippen LogP contribution in [0.3, 0.4) is 0 Å². The van der Waals surface area contributed by atoms with Crippen LogP contribution in [0.15, 0.2) is 30.5 Å². The standard InChI is InChI=1S/C18H19N7O3/c26-16(11-24-10-14(18(27)28)20-23-24)19-13-6-4-5-12(9-13)17-22-21-15-7-2-1-3-8-25(15)17/h4-6,9-10H,1-3,7-8,11H2,(H,19,26)(H,27,28). The van der Waals surface area contributed by atoms with E-state index in [-0.39, 0.29) is 18.1 Å². The summed E-state index contributed by atoms with van der Waals surface area (Å²) in [6, 6.07) is 7.42. The Balaban J connectivity index is 1.49. The van der Waals surface area contributed by atoms with Gasteiger partial charge in [-0.05, 0) is 25.0 Å². The van der Waals surface area contributed by atoms with Gasteiger partial charge in [0.2, 0.25) is 5.91 Å². The van der Waals surface area contributed by atoms with Gasteiger partial charge in [-0.25, -0.2) is 9.48 Å². The summed E-state index contributed by atoms with van der Waals surface area (Å²) < 4.78 is 3.33. The SMILES string of the molecule is O=C(Cn1cc(C(=O)O)nn1)Nc1cccc(-c2nnc3n2CCCCC3)c1. The van der Waals surface area contributed by atoms with Gasteiger partial charge in [-0.3, -0.25) is 4.79 Å². The lowest BCUT2D eigenvalue weighted by molar-refractivity contribution is -0.116. The molecule has 0 unspecified atom stereocenters. The lowest BCUT2D eigenvalue weighted by Crippen LogP contribution is -2.19. The Hall–Kier alpha value is -3.56. The zero-order valence-corrected chi connectivity index (χ0v) is 15.1. The Morgan fingerprint density at radius 2 is 2.04 bits per heavy atom. The molecule has 1 aliphatic heterocycles. The molecule has 10 heteroatoms. The van der Waals surface area contributed by atoms with Crippen molar-refractivity contribution < 1.29 is 14.7 Å². The van der Waals surface area contributed by atoms with Crippen LogP contribution in [0.2, 0.25) is 0 Å². The summed E-state index contributed by atoms with van der Waals surface area (Å²) in [7, 11) is 0. The fourth-order valence-electron chi connectivity index (χ4n) is 3.26. The molecule has 0 fully saturated rings. The molecule has 2 aromatic heterocycles. The third-order valence-electron chi connectivity index (χ3n) is 4.58. The van der Waals surface area contributed by atoms with Crippen LogP contribution in [0.25, 0.3) is 11.4 Å². The van der Waals surface area contributed by atoms with Crippen molar-refractivity contribution in [3.8, 4) is 11.4 Å². The first-order chi connectivity index (χ1) is 13.6. The summed E-state index contributed by atoms with van der Waals surface area (Å²) in [5.74, 6) is 0.281. The zero-order chi connectivity index (χ0) is 19.5. The lowest BCUT2D eigenvalue weighted by Gasteiger charge is -2.09. The normalized spacial score (nSPS) is 13.6. The Morgan fingerprint density at radius 1 is 1.14 bits per heavy atom. The fraction of sp³-hybridized carbons (Fsp3) is 0.333. The highest BCUT2D eigenvalue weighted by Gasteiger charge is 2.16. The maximum Gasteiger partial charge on any atom is 0.358 e. The number of carbonyl (C=O) groups excluding carboxylic acids is 1. The summed E-state index contributed by atoms with van der Waals surface area (Å²) in [5.41, 5.74) is 1.29. The van der Waals surface area contributed by atoms with E-state index in [2.05, 4.69) is 30.4 Å². The molecule has 0 atom stereocenters. The summed E-state index contributed by atoms with van der Waals surface area (Å²) in [5, 5.41) is 27.4. The highest BCUT2D eigenvalue weighted by Crippen LogP contribution is 2.24. The second kappa shape index (κ2) is 7.59. The Morgan fingerprint density at radius 3 is 2.86 bits per heavy atom. The molecule has 4 rings (SSSR count). The van der Waals surface area contributed by atoms with E-state index < -0.39 is 5.97 Å². The predicted octanol–water partition coefficient (Wildman–Crippen LogP) is 1.60. The number of nitrogens with one attached hydrogen (secondary N) is 1. The molecule has 0 saturated heterocycles. The Labute approximate surface area is 160 Å². The average molecular weight is 381 g/mol. The minimum atomic E-state index is -1.19. The molecule has 0 spiro atoms. The molecule has 3 heterocycles. The van der Waals surface area contributed by atoms with Crippen LogP contribution in [0.1, 0.15) is 35.6 Å². The minimum Gasteiger partial charge on any atom is -0.476 e. The van der Waals surface area contributed by atoms with E-state index in [9.17, 15) is 9.59 Å². The van der Waals surface area contributed by atoms with Gasteiger partial charge in [0, 0.05) is 24.2 Å². The minimum absolute atomic E-state index is 0.134. The molecule has 144 valence electrons. The van der Waals surface area contributed by atoms with Gasteiger partial charge in [-0.2, -0.15) is 0 Å². The number of carboxylic acids is 1. The molecule has 28 heavy (non-hydrogen) atoms. The molecule has 10 nitrogen and oxygen atoms in total. The predicted molar refractivity (Wildman–Crippen MR) is 98.6 cm³/mol. The van der Waals surface area contributed by atoms with E-state index >= 15 is 0 Å². The van der Waals surface area contributed by atoms with Crippen LogP contribution < -0.4 is 5.32 Å². The number of nitrogens with zero attached hydrogens (tertiary/aromatic N) is 6. The van der Waals surface area contributed by atoms with Crippen LogP contribution in [0.5, 0.6) is 0 Å². The van der Waals surface area contributed by atoms with Crippen LogP contribution in [0, 0.1) is 0 Å². The molecule has 0 saturated carbocycles. The monoisotopic (exact) mass is 381 g/mol. The average Bonchev–Trinajstić information content (AvgIpc) is 3.23. The number of rotatable bonds is 5. The van der Waals surface area contributed by atoms with E-state index in [1.54, 1.807) is 6.07 Å². The van der Waals surface area contributed by atoms with E-state index in [1.807, 2.05) is 18.2 Å². The van der Waals surface area contributed by atoms with E-state index in [1.165, 1.54) is 17.3 Å². The van der Waals surface area contributed by atoms with Gasteiger partial charge in [0.25, 0.3) is 0 Å². The Kier molecular flexibility index (Phi) is 4.83. The molecule has 1 aromatic carbocycles. The van der Waals surface area contributed by atoms with Gasteiger partial charge in [0.1, 0.15) is 12.4 Å². The van der Waals surface area contributed by atoms with Crippen molar-refractivity contribution >= 4 is 17.6 Å². The molecule has 0 radical (unpaired) electrons. The highest BCUT2D eigenvalue weighted by atomic mass is 16.4. The topological polar surface area (TPSA) is 128 Å². The van der Waals surface area contributed by atoms with Crippen molar-refractivity contribution in [2.24, 2.45) is 0 Å². The summed E-state index contributed by atoms with van der Waals surface area (Å²) in [6.07, 6.45) is 5.55. The van der Waals surface area contributed by atoms with Crippen molar-refractivity contribution in [2.75, 3.05) is 5.32 Å². The molecular formula is C18H19N7O3. The number of carboxylic acid groups (broad SMARTS) is 1. The number of hydrogen-bond acceptors (Lipinski definition) is 6. The lowest BCUT2D eigenvalue weighted by atomic mass is 10.2. The number of benzene rings is 1. The van der Waals surface area contributed by atoms with Crippen LogP contribution >= 0.6 is 0 Å². The number of aryl methyl sites for hydroxylation is 1. The quantitative estimate of drug-likeness (QED) is 0.687. The summed E-state index contributed by atoms with van der Waals surface area (Å²) in [6.45, 7) is 0.761. The molecule has 0 bridgehead atoms. The van der Waals surface area contributed by atoms with Crippen LogP contribution in [-0.2, 0) is 24.3 Å². The third-order valence-corrected chi connectivity index (χ3v) is 4.58. The van der Waals surface area contributed by atoms with E-state index in [4.69, 9.17) is 5.11 Å². The van der Waals surface area contributed by atoms with E-state index in [0.29, 0.717) is 5.69 Å². The molecular weight excluding hydrogens is 362 g/mol. The summed E-state index contributed by atoms with van der Waals surface area (Å²) in [4.78, 5) is 23.1. The molecule has 2 N–H and O–H groups in total. The number of anilines is 1. The van der Waals surface area contributed by atoms with Crippen LogP contribution in [-0.4, -0.2) is 46.7 Å². The fourth-order valence-corrected chi connectivity index (χ4v) is 3.26. The number of aromatic nitrogens is 6. The number of aromatic carboxylic acids is 1.